The molecule has 0 N–H and O–H groups in total. The zero-order chi connectivity index (χ0) is 7.40. The van der Waals surface area contributed by atoms with Crippen LogP contribution >= 0.6 is 15.9 Å². The Bertz CT molecular complexity index is 121. The molecule has 0 spiro atoms. The Morgan fingerprint density at radius 2 is 2.30 bits per heavy atom. The maximum Gasteiger partial charge on any atom is 0.306 e. The van der Waals surface area contributed by atoms with Crippen LogP contribution in [-0.2, 0) is 9.53 Å². The van der Waals surface area contributed by atoms with Gasteiger partial charge < -0.3 is 4.74 Å². The highest BCUT2D eigenvalue weighted by Gasteiger charge is 2.25. The van der Waals surface area contributed by atoms with Crippen LogP contribution in [0.5, 0.6) is 0 Å². The topological polar surface area (TPSA) is 26.3 Å². The lowest BCUT2D eigenvalue weighted by atomic mass is 10.3. The van der Waals surface area contributed by atoms with Gasteiger partial charge in [0.15, 0.2) is 0 Å². The predicted molar refractivity (Wildman–Crippen MR) is 42.1 cm³/mol. The number of rotatable bonds is 4. The lowest BCUT2D eigenvalue weighted by Gasteiger charge is -1.99. The number of hydrogen-bond donors (Lipinski definition) is 0. The van der Waals surface area contributed by atoms with Gasteiger partial charge in [0, 0.05) is 11.8 Å². The van der Waals surface area contributed by atoms with Crippen molar-refractivity contribution in [2.45, 2.75) is 31.8 Å². The van der Waals surface area contributed by atoms with E-state index in [0.717, 1.165) is 24.6 Å². The monoisotopic (exact) mass is 206 g/mol. The van der Waals surface area contributed by atoms with Crippen molar-refractivity contribution in [3.8, 4) is 0 Å². The number of halogens is 1. The number of carbonyl (C=O) groups excluding carboxylic acids is 1. The van der Waals surface area contributed by atoms with Gasteiger partial charge in [0.2, 0.25) is 0 Å². The second-order valence-electron chi connectivity index (χ2n) is 2.48. The number of esters is 1. The van der Waals surface area contributed by atoms with E-state index in [2.05, 4.69) is 15.9 Å². The average Bonchev–Trinajstić information content (AvgIpc) is 2.67. The molecule has 0 unspecified atom stereocenters. The molecule has 0 saturated heterocycles. The van der Waals surface area contributed by atoms with Gasteiger partial charge in [-0.05, 0) is 19.3 Å². The molecule has 0 aromatic heterocycles. The Kier molecular flexibility index (Phi) is 3.19. The molecule has 0 radical (unpaired) electrons. The molecule has 1 aliphatic rings. The Hall–Kier alpha value is -0.0500. The van der Waals surface area contributed by atoms with E-state index in [1.165, 1.54) is 0 Å². The highest BCUT2D eigenvalue weighted by Crippen LogP contribution is 2.23. The van der Waals surface area contributed by atoms with E-state index in [-0.39, 0.29) is 12.1 Å². The molecule has 3 heteroatoms. The van der Waals surface area contributed by atoms with Crippen molar-refractivity contribution >= 4 is 21.9 Å². The third-order valence-corrected chi connectivity index (χ3v) is 1.90. The lowest BCUT2D eigenvalue weighted by molar-refractivity contribution is -0.144. The maximum absolute atomic E-state index is 10.8. The molecule has 1 aliphatic carbocycles. The van der Waals surface area contributed by atoms with E-state index in [1.54, 1.807) is 0 Å². The van der Waals surface area contributed by atoms with Crippen LogP contribution in [0.25, 0.3) is 0 Å². The predicted octanol–water partition coefficient (Wildman–Crippen LogP) is 1.87. The summed E-state index contributed by atoms with van der Waals surface area (Å²) < 4.78 is 5.00. The Morgan fingerprint density at radius 3 is 2.80 bits per heavy atom. The van der Waals surface area contributed by atoms with Crippen LogP contribution in [0.3, 0.4) is 0 Å². The zero-order valence-corrected chi connectivity index (χ0v) is 7.39. The highest BCUT2D eigenvalue weighted by molar-refractivity contribution is 9.09. The molecular formula is C7H11BrO2. The summed E-state index contributed by atoms with van der Waals surface area (Å²) in [6.45, 7) is 0. The van der Waals surface area contributed by atoms with Crippen molar-refractivity contribution in [2.75, 3.05) is 5.33 Å². The van der Waals surface area contributed by atoms with Crippen LogP contribution in [0.15, 0.2) is 0 Å². The van der Waals surface area contributed by atoms with Crippen LogP contribution < -0.4 is 0 Å². The van der Waals surface area contributed by atoms with Gasteiger partial charge in [0.05, 0.1) is 0 Å². The number of hydrogen-bond acceptors (Lipinski definition) is 2. The normalized spacial score (nSPS) is 16.9. The smallest absolute Gasteiger partial charge is 0.306 e. The quantitative estimate of drug-likeness (QED) is 0.519. The van der Waals surface area contributed by atoms with Gasteiger partial charge in [-0.1, -0.05) is 15.9 Å². The average molecular weight is 207 g/mol. The Morgan fingerprint density at radius 1 is 1.60 bits per heavy atom. The number of alkyl halides is 1. The molecule has 0 bridgehead atoms. The van der Waals surface area contributed by atoms with Crippen molar-refractivity contribution in [1.82, 2.24) is 0 Å². The molecule has 1 fully saturated rings. The Labute approximate surface area is 69.1 Å². The maximum atomic E-state index is 10.8. The molecule has 1 rings (SSSR count). The van der Waals surface area contributed by atoms with E-state index in [9.17, 15) is 4.79 Å². The summed E-state index contributed by atoms with van der Waals surface area (Å²) in [6.07, 6.45) is 3.84. The summed E-state index contributed by atoms with van der Waals surface area (Å²) in [6, 6.07) is 0. The van der Waals surface area contributed by atoms with E-state index in [1.807, 2.05) is 0 Å². The lowest BCUT2D eigenvalue weighted by Crippen LogP contribution is -2.05. The number of carbonyl (C=O) groups is 1. The molecule has 0 amide bonds. The summed E-state index contributed by atoms with van der Waals surface area (Å²) in [4.78, 5) is 10.8. The molecule has 10 heavy (non-hydrogen) atoms. The summed E-state index contributed by atoms with van der Waals surface area (Å²) in [5.41, 5.74) is 0. The van der Waals surface area contributed by atoms with Gasteiger partial charge in [-0.2, -0.15) is 0 Å². The van der Waals surface area contributed by atoms with Crippen LogP contribution in [0, 0.1) is 0 Å². The molecule has 0 atom stereocenters. The Balaban J connectivity index is 1.97. The highest BCUT2D eigenvalue weighted by atomic mass is 79.9. The number of ether oxygens (including phenoxy) is 1. The second kappa shape index (κ2) is 3.96. The largest absolute Gasteiger partial charge is 0.462 e. The molecule has 0 heterocycles. The van der Waals surface area contributed by atoms with Gasteiger partial charge >= 0.3 is 5.97 Å². The van der Waals surface area contributed by atoms with E-state index < -0.39 is 0 Å². The minimum absolute atomic E-state index is 0.0399. The summed E-state index contributed by atoms with van der Waals surface area (Å²) in [5, 5.41) is 0.882. The van der Waals surface area contributed by atoms with Gasteiger partial charge in [0.1, 0.15) is 6.10 Å². The van der Waals surface area contributed by atoms with Gasteiger partial charge in [-0.15, -0.1) is 0 Å². The fourth-order valence-corrected chi connectivity index (χ4v) is 0.922. The first kappa shape index (κ1) is 8.05. The third kappa shape index (κ3) is 3.20. The van der Waals surface area contributed by atoms with Crippen molar-refractivity contribution in [3.63, 3.8) is 0 Å². The summed E-state index contributed by atoms with van der Waals surface area (Å²) >= 11 is 3.25. The fourth-order valence-electron chi connectivity index (χ4n) is 0.642. The van der Waals surface area contributed by atoms with Crippen LogP contribution in [0.1, 0.15) is 25.7 Å². The third-order valence-electron chi connectivity index (χ3n) is 1.34. The van der Waals surface area contributed by atoms with Crippen molar-refractivity contribution in [1.29, 1.82) is 0 Å². The molecular weight excluding hydrogens is 196 g/mol. The van der Waals surface area contributed by atoms with E-state index in [4.69, 9.17) is 4.74 Å². The molecule has 0 aromatic rings. The van der Waals surface area contributed by atoms with Gasteiger partial charge in [-0.3, -0.25) is 4.79 Å². The fraction of sp³-hybridized carbons (Fsp3) is 0.857. The minimum atomic E-state index is -0.0399. The first-order chi connectivity index (χ1) is 4.83. The molecule has 0 aliphatic heterocycles. The summed E-state index contributed by atoms with van der Waals surface area (Å²) in [5.74, 6) is -0.0399. The van der Waals surface area contributed by atoms with Crippen molar-refractivity contribution < 1.29 is 9.53 Å². The second-order valence-corrected chi connectivity index (χ2v) is 3.27. The van der Waals surface area contributed by atoms with Crippen LogP contribution in [-0.4, -0.2) is 17.4 Å². The summed E-state index contributed by atoms with van der Waals surface area (Å²) in [7, 11) is 0. The van der Waals surface area contributed by atoms with Crippen LogP contribution in [0.2, 0.25) is 0 Å². The van der Waals surface area contributed by atoms with E-state index >= 15 is 0 Å². The molecule has 58 valence electrons. The van der Waals surface area contributed by atoms with Crippen molar-refractivity contribution in [3.05, 3.63) is 0 Å². The van der Waals surface area contributed by atoms with Crippen molar-refractivity contribution in [2.24, 2.45) is 0 Å². The first-order valence-corrected chi connectivity index (χ1v) is 4.70. The van der Waals surface area contributed by atoms with Gasteiger partial charge in [0.25, 0.3) is 0 Å². The molecule has 1 saturated carbocycles. The zero-order valence-electron chi connectivity index (χ0n) is 5.81. The minimum Gasteiger partial charge on any atom is -0.462 e. The first-order valence-electron chi connectivity index (χ1n) is 3.58. The van der Waals surface area contributed by atoms with Crippen LogP contribution in [0.4, 0.5) is 0 Å². The SMILES string of the molecule is O=C(CCCBr)OC1CC1. The van der Waals surface area contributed by atoms with E-state index in [0.29, 0.717) is 6.42 Å². The standard InChI is InChI=1S/C7H11BrO2/c8-5-1-2-7(9)10-6-3-4-6/h6H,1-5H2. The van der Waals surface area contributed by atoms with Gasteiger partial charge in [-0.25, -0.2) is 0 Å². The molecule has 2 nitrogen and oxygen atoms in total. The molecule has 0 aromatic carbocycles.